The van der Waals surface area contributed by atoms with Gasteiger partial charge in [0, 0.05) is 23.8 Å². The first-order valence-electron chi connectivity index (χ1n) is 4.84. The zero-order valence-corrected chi connectivity index (χ0v) is 8.42. The van der Waals surface area contributed by atoms with Crippen molar-refractivity contribution in [3.05, 3.63) is 29.3 Å². The number of nitrogens with one attached hydrogen (secondary N) is 2. The van der Waals surface area contributed by atoms with Crippen molar-refractivity contribution >= 4 is 11.6 Å². The zero-order valence-electron chi connectivity index (χ0n) is 8.42. The molecule has 74 valence electrons. The molecule has 0 aromatic heterocycles. The lowest BCUT2D eigenvalue weighted by Crippen LogP contribution is -2.12. The van der Waals surface area contributed by atoms with Gasteiger partial charge in [-0.3, -0.25) is 4.79 Å². The second kappa shape index (κ2) is 3.33. The van der Waals surface area contributed by atoms with Gasteiger partial charge in [-0.15, -0.1) is 0 Å². The molecular weight excluding hydrogens is 176 g/mol. The molecule has 14 heavy (non-hydrogen) atoms. The second-order valence-electron chi connectivity index (χ2n) is 3.85. The average Bonchev–Trinajstić information content (AvgIpc) is 2.46. The Balaban J connectivity index is 2.28. The Morgan fingerprint density at radius 1 is 1.43 bits per heavy atom. The number of carbonyl (C=O) groups excluding carboxylic acids is 1. The van der Waals surface area contributed by atoms with Crippen LogP contribution < -0.4 is 10.6 Å². The van der Waals surface area contributed by atoms with Gasteiger partial charge in [-0.1, -0.05) is 0 Å². The molecule has 0 spiro atoms. The number of amides is 1. The number of fused-ring (bicyclic) bond motifs is 1. The van der Waals surface area contributed by atoms with Gasteiger partial charge in [0.2, 0.25) is 0 Å². The lowest BCUT2D eigenvalue weighted by atomic mass is 10.1. The molecule has 2 rings (SSSR count). The van der Waals surface area contributed by atoms with E-state index < -0.39 is 0 Å². The maximum atomic E-state index is 11.3. The molecule has 1 amide bonds. The molecule has 1 aromatic rings. The molecule has 1 aromatic carbocycles. The third kappa shape index (κ3) is 1.58. The van der Waals surface area contributed by atoms with E-state index in [9.17, 15) is 4.79 Å². The molecule has 1 aliphatic rings. The molecule has 0 fully saturated rings. The molecule has 0 bridgehead atoms. The number of hydrogen-bond acceptors (Lipinski definition) is 2. The standard InChI is InChI=1S/C11H14N2O/c1-7(2)13-9-3-4-10-8(5-9)6-12-11(10)14/h3-5,7,13H,6H2,1-2H3,(H,12,14). The molecule has 1 heterocycles. The molecule has 2 N–H and O–H groups in total. The summed E-state index contributed by atoms with van der Waals surface area (Å²) in [7, 11) is 0. The van der Waals surface area contributed by atoms with Crippen molar-refractivity contribution in [1.82, 2.24) is 5.32 Å². The van der Waals surface area contributed by atoms with E-state index in [-0.39, 0.29) is 5.91 Å². The van der Waals surface area contributed by atoms with Crippen molar-refractivity contribution in [3.8, 4) is 0 Å². The fourth-order valence-electron chi connectivity index (χ4n) is 1.66. The monoisotopic (exact) mass is 190 g/mol. The molecular formula is C11H14N2O. The SMILES string of the molecule is CC(C)Nc1ccc2c(c1)CNC2=O. The first-order valence-corrected chi connectivity index (χ1v) is 4.84. The predicted octanol–water partition coefficient (Wildman–Crippen LogP) is 1.75. The van der Waals surface area contributed by atoms with Gasteiger partial charge in [0.25, 0.3) is 5.91 Å². The quantitative estimate of drug-likeness (QED) is 0.746. The van der Waals surface area contributed by atoms with Crippen LogP contribution in [0.25, 0.3) is 0 Å². The number of hydrogen-bond donors (Lipinski definition) is 2. The Bertz CT molecular complexity index is 372. The topological polar surface area (TPSA) is 41.1 Å². The van der Waals surface area contributed by atoms with E-state index in [0.29, 0.717) is 12.6 Å². The molecule has 1 aliphatic heterocycles. The summed E-state index contributed by atoms with van der Waals surface area (Å²) in [6.07, 6.45) is 0. The van der Waals surface area contributed by atoms with Crippen LogP contribution in [-0.2, 0) is 6.54 Å². The largest absolute Gasteiger partial charge is 0.383 e. The van der Waals surface area contributed by atoms with Crippen LogP contribution in [0.5, 0.6) is 0 Å². The van der Waals surface area contributed by atoms with Gasteiger partial charge in [0.15, 0.2) is 0 Å². The Morgan fingerprint density at radius 2 is 2.21 bits per heavy atom. The highest BCUT2D eigenvalue weighted by Crippen LogP contribution is 2.20. The van der Waals surface area contributed by atoms with E-state index in [1.807, 2.05) is 18.2 Å². The maximum Gasteiger partial charge on any atom is 0.251 e. The maximum absolute atomic E-state index is 11.3. The Labute approximate surface area is 83.5 Å². The summed E-state index contributed by atoms with van der Waals surface area (Å²) in [4.78, 5) is 11.3. The predicted molar refractivity (Wildman–Crippen MR) is 56.4 cm³/mol. The van der Waals surface area contributed by atoms with Crippen molar-refractivity contribution < 1.29 is 4.79 Å². The van der Waals surface area contributed by atoms with E-state index in [1.54, 1.807) is 0 Å². The van der Waals surface area contributed by atoms with E-state index in [4.69, 9.17) is 0 Å². The lowest BCUT2D eigenvalue weighted by Gasteiger charge is -2.10. The third-order valence-corrected chi connectivity index (χ3v) is 2.24. The Morgan fingerprint density at radius 3 is 2.93 bits per heavy atom. The average molecular weight is 190 g/mol. The van der Waals surface area contributed by atoms with Crippen molar-refractivity contribution in [1.29, 1.82) is 0 Å². The highest BCUT2D eigenvalue weighted by atomic mass is 16.1. The van der Waals surface area contributed by atoms with Gasteiger partial charge < -0.3 is 10.6 Å². The number of rotatable bonds is 2. The van der Waals surface area contributed by atoms with Gasteiger partial charge in [-0.25, -0.2) is 0 Å². The molecule has 0 unspecified atom stereocenters. The van der Waals surface area contributed by atoms with Crippen LogP contribution >= 0.6 is 0 Å². The van der Waals surface area contributed by atoms with Crippen LogP contribution in [0.3, 0.4) is 0 Å². The number of carbonyl (C=O) groups is 1. The summed E-state index contributed by atoms with van der Waals surface area (Å²) in [5, 5.41) is 6.11. The van der Waals surface area contributed by atoms with Crippen LogP contribution in [0.15, 0.2) is 18.2 Å². The smallest absolute Gasteiger partial charge is 0.251 e. The van der Waals surface area contributed by atoms with Gasteiger partial charge in [-0.2, -0.15) is 0 Å². The van der Waals surface area contributed by atoms with Gasteiger partial charge in [0.05, 0.1) is 0 Å². The lowest BCUT2D eigenvalue weighted by molar-refractivity contribution is 0.0966. The molecule has 3 heteroatoms. The van der Waals surface area contributed by atoms with E-state index >= 15 is 0 Å². The highest BCUT2D eigenvalue weighted by molar-refractivity contribution is 5.98. The minimum Gasteiger partial charge on any atom is -0.383 e. The van der Waals surface area contributed by atoms with Gasteiger partial charge in [-0.05, 0) is 37.6 Å². The number of benzene rings is 1. The van der Waals surface area contributed by atoms with Crippen molar-refractivity contribution in [3.63, 3.8) is 0 Å². The summed E-state index contributed by atoms with van der Waals surface area (Å²) >= 11 is 0. The first kappa shape index (κ1) is 9.06. The van der Waals surface area contributed by atoms with Crippen LogP contribution in [0.2, 0.25) is 0 Å². The Hall–Kier alpha value is -1.51. The van der Waals surface area contributed by atoms with Crippen LogP contribution in [0, 0.1) is 0 Å². The summed E-state index contributed by atoms with van der Waals surface area (Å²) in [6, 6.07) is 6.28. The molecule has 0 aliphatic carbocycles. The Kier molecular flexibility index (Phi) is 2.15. The van der Waals surface area contributed by atoms with Gasteiger partial charge >= 0.3 is 0 Å². The van der Waals surface area contributed by atoms with Crippen LogP contribution in [-0.4, -0.2) is 11.9 Å². The summed E-state index contributed by atoms with van der Waals surface area (Å²) in [5.74, 6) is 0.0381. The van der Waals surface area contributed by atoms with Crippen molar-refractivity contribution in [2.75, 3.05) is 5.32 Å². The summed E-state index contributed by atoms with van der Waals surface area (Å²) < 4.78 is 0. The van der Waals surface area contributed by atoms with E-state index in [1.165, 1.54) is 0 Å². The molecule has 3 nitrogen and oxygen atoms in total. The van der Waals surface area contributed by atoms with Crippen molar-refractivity contribution in [2.24, 2.45) is 0 Å². The van der Waals surface area contributed by atoms with Crippen molar-refractivity contribution in [2.45, 2.75) is 26.4 Å². The van der Waals surface area contributed by atoms with Gasteiger partial charge in [0.1, 0.15) is 0 Å². The fraction of sp³-hybridized carbons (Fsp3) is 0.364. The van der Waals surface area contributed by atoms with Crippen LogP contribution in [0.4, 0.5) is 5.69 Å². The summed E-state index contributed by atoms with van der Waals surface area (Å²) in [6.45, 7) is 4.84. The molecule has 0 atom stereocenters. The van der Waals surface area contributed by atoms with E-state index in [0.717, 1.165) is 16.8 Å². The second-order valence-corrected chi connectivity index (χ2v) is 3.85. The number of anilines is 1. The van der Waals surface area contributed by atoms with E-state index in [2.05, 4.69) is 24.5 Å². The van der Waals surface area contributed by atoms with Crippen LogP contribution in [0.1, 0.15) is 29.8 Å². The highest BCUT2D eigenvalue weighted by Gasteiger charge is 2.18. The minimum absolute atomic E-state index is 0.0381. The zero-order chi connectivity index (χ0) is 10.1. The fourth-order valence-corrected chi connectivity index (χ4v) is 1.66. The first-order chi connectivity index (χ1) is 6.66. The molecule has 0 radical (unpaired) electrons. The molecule has 0 saturated heterocycles. The third-order valence-electron chi connectivity index (χ3n) is 2.24. The normalized spacial score (nSPS) is 14.1. The molecule has 0 saturated carbocycles. The minimum atomic E-state index is 0.0381. The summed E-state index contributed by atoms with van der Waals surface area (Å²) in [5.41, 5.74) is 2.97.